The molecule has 0 aliphatic carbocycles. The fourth-order valence-electron chi connectivity index (χ4n) is 2.53. The third kappa shape index (κ3) is 2.31. The first-order valence-corrected chi connectivity index (χ1v) is 5.96. The Labute approximate surface area is 108 Å². The number of hydrogen-bond acceptors (Lipinski definition) is 2. The van der Waals surface area contributed by atoms with Crippen LogP contribution in [0.15, 0.2) is 18.2 Å². The Hall–Kier alpha value is -1.06. The molecule has 0 spiro atoms. The van der Waals surface area contributed by atoms with Gasteiger partial charge in [0.1, 0.15) is 0 Å². The van der Waals surface area contributed by atoms with Crippen molar-refractivity contribution in [3.63, 3.8) is 0 Å². The topological polar surface area (TPSA) is 32.3 Å². The molecule has 1 amide bonds. The largest absolute Gasteiger partial charge is 0.339 e. The molecule has 4 heteroatoms. The molecule has 1 fully saturated rings. The van der Waals surface area contributed by atoms with Crippen LogP contribution in [0.4, 0.5) is 0 Å². The second-order valence-electron chi connectivity index (χ2n) is 4.59. The Morgan fingerprint density at radius 2 is 1.82 bits per heavy atom. The third-order valence-corrected chi connectivity index (χ3v) is 3.48. The zero-order valence-corrected chi connectivity index (χ0v) is 10.6. The number of likely N-dealkylation sites (tertiary alicyclic amines) is 1. The molecule has 17 heavy (non-hydrogen) atoms. The molecule has 0 saturated carbocycles. The van der Waals surface area contributed by atoms with E-state index in [1.54, 1.807) is 0 Å². The van der Waals surface area contributed by atoms with Gasteiger partial charge in [-0.3, -0.25) is 4.79 Å². The second-order valence-corrected chi connectivity index (χ2v) is 4.59. The first kappa shape index (κ1) is 12.4. The average Bonchev–Trinajstić information content (AvgIpc) is 2.98. The van der Waals surface area contributed by atoms with Crippen molar-refractivity contribution >= 4 is 18.3 Å². The van der Waals surface area contributed by atoms with Crippen LogP contribution >= 0.6 is 12.4 Å². The van der Waals surface area contributed by atoms with Crippen LogP contribution in [0.25, 0.3) is 0 Å². The highest BCUT2D eigenvalue weighted by atomic mass is 35.5. The molecule has 0 aromatic heterocycles. The Morgan fingerprint density at radius 3 is 2.59 bits per heavy atom. The van der Waals surface area contributed by atoms with Gasteiger partial charge < -0.3 is 10.2 Å². The molecule has 0 radical (unpaired) electrons. The lowest BCUT2D eigenvalue weighted by Crippen LogP contribution is -2.27. The summed E-state index contributed by atoms with van der Waals surface area (Å²) in [6.45, 7) is 3.69. The summed E-state index contributed by atoms with van der Waals surface area (Å²) in [5, 5.41) is 3.30. The maximum absolute atomic E-state index is 12.2. The van der Waals surface area contributed by atoms with Gasteiger partial charge in [0, 0.05) is 31.7 Å². The maximum Gasteiger partial charge on any atom is 0.253 e. The fourth-order valence-corrected chi connectivity index (χ4v) is 2.53. The molecule has 0 atom stereocenters. The number of amides is 1. The lowest BCUT2D eigenvalue weighted by Gasteiger charge is -2.15. The Morgan fingerprint density at radius 1 is 1.12 bits per heavy atom. The van der Waals surface area contributed by atoms with Crippen molar-refractivity contribution < 1.29 is 4.79 Å². The molecule has 0 unspecified atom stereocenters. The quantitative estimate of drug-likeness (QED) is 0.829. The summed E-state index contributed by atoms with van der Waals surface area (Å²) in [6, 6.07) is 6.10. The van der Waals surface area contributed by atoms with Crippen molar-refractivity contribution in [3.8, 4) is 0 Å². The van der Waals surface area contributed by atoms with Gasteiger partial charge in [-0.2, -0.15) is 0 Å². The van der Waals surface area contributed by atoms with Gasteiger partial charge in [0.2, 0.25) is 0 Å². The van der Waals surface area contributed by atoms with Crippen LogP contribution in [0.3, 0.4) is 0 Å². The number of halogens is 1. The van der Waals surface area contributed by atoms with Gasteiger partial charge in [-0.15, -0.1) is 12.4 Å². The molecule has 1 N–H and O–H groups in total. The van der Waals surface area contributed by atoms with Crippen LogP contribution in [0.2, 0.25) is 0 Å². The fraction of sp³-hybridized carbons (Fsp3) is 0.462. The summed E-state index contributed by atoms with van der Waals surface area (Å²) >= 11 is 0. The van der Waals surface area contributed by atoms with E-state index in [0.717, 1.165) is 44.6 Å². The van der Waals surface area contributed by atoms with E-state index in [9.17, 15) is 4.79 Å². The summed E-state index contributed by atoms with van der Waals surface area (Å²) < 4.78 is 0. The SMILES string of the molecule is Cl.O=C(c1ccc2c(c1)CNC2)N1CCCC1. The number of carbonyl (C=O) groups is 1. The van der Waals surface area contributed by atoms with E-state index in [-0.39, 0.29) is 18.3 Å². The van der Waals surface area contributed by atoms with Gasteiger partial charge in [-0.25, -0.2) is 0 Å². The second kappa shape index (κ2) is 5.07. The zero-order valence-electron chi connectivity index (χ0n) is 9.74. The monoisotopic (exact) mass is 252 g/mol. The summed E-state index contributed by atoms with van der Waals surface area (Å²) in [5.41, 5.74) is 3.47. The zero-order chi connectivity index (χ0) is 11.0. The van der Waals surface area contributed by atoms with Gasteiger partial charge >= 0.3 is 0 Å². The lowest BCUT2D eigenvalue weighted by atomic mass is 10.1. The number of nitrogens with zero attached hydrogens (tertiary/aromatic N) is 1. The lowest BCUT2D eigenvalue weighted by molar-refractivity contribution is 0.0792. The number of rotatable bonds is 1. The molecular weight excluding hydrogens is 236 g/mol. The molecule has 0 bridgehead atoms. The van der Waals surface area contributed by atoms with Crippen molar-refractivity contribution in [2.45, 2.75) is 25.9 Å². The molecule has 1 saturated heterocycles. The van der Waals surface area contributed by atoms with Gasteiger partial charge in [0.15, 0.2) is 0 Å². The van der Waals surface area contributed by atoms with Crippen molar-refractivity contribution in [2.24, 2.45) is 0 Å². The van der Waals surface area contributed by atoms with Crippen molar-refractivity contribution in [1.29, 1.82) is 0 Å². The predicted molar refractivity (Wildman–Crippen MR) is 69.4 cm³/mol. The van der Waals surface area contributed by atoms with Crippen LogP contribution in [0, 0.1) is 0 Å². The summed E-state index contributed by atoms with van der Waals surface area (Å²) in [6.07, 6.45) is 2.30. The molecule has 1 aromatic rings. The third-order valence-electron chi connectivity index (χ3n) is 3.48. The van der Waals surface area contributed by atoms with E-state index in [1.165, 1.54) is 11.1 Å². The summed E-state index contributed by atoms with van der Waals surface area (Å²) in [7, 11) is 0. The number of nitrogens with one attached hydrogen (secondary N) is 1. The van der Waals surface area contributed by atoms with Crippen molar-refractivity contribution in [1.82, 2.24) is 10.2 Å². The first-order valence-electron chi connectivity index (χ1n) is 5.96. The van der Waals surface area contributed by atoms with Crippen LogP contribution in [0.1, 0.15) is 34.3 Å². The van der Waals surface area contributed by atoms with E-state index in [2.05, 4.69) is 17.4 Å². The molecule has 1 aromatic carbocycles. The molecule has 2 heterocycles. The molecule has 3 nitrogen and oxygen atoms in total. The first-order chi connectivity index (χ1) is 7.84. The number of fused-ring (bicyclic) bond motifs is 1. The maximum atomic E-state index is 12.2. The Bertz CT molecular complexity index is 427. The Balaban J connectivity index is 0.00000108. The summed E-state index contributed by atoms with van der Waals surface area (Å²) in [5.74, 6) is 0.201. The van der Waals surface area contributed by atoms with Gasteiger partial charge in [0.05, 0.1) is 0 Å². The highest BCUT2D eigenvalue weighted by Crippen LogP contribution is 2.19. The average molecular weight is 253 g/mol. The van der Waals surface area contributed by atoms with Crippen LogP contribution in [-0.2, 0) is 13.1 Å². The van der Waals surface area contributed by atoms with Crippen LogP contribution in [-0.4, -0.2) is 23.9 Å². The van der Waals surface area contributed by atoms with Gasteiger partial charge in [-0.1, -0.05) is 6.07 Å². The standard InChI is InChI=1S/C13H16N2O.ClH/c16-13(15-5-1-2-6-15)10-3-4-11-8-14-9-12(11)7-10;/h3-4,7,14H,1-2,5-6,8-9H2;1H. The number of hydrogen-bond donors (Lipinski definition) is 1. The molecule has 2 aliphatic heterocycles. The molecule has 92 valence electrons. The van der Waals surface area contributed by atoms with Crippen molar-refractivity contribution in [3.05, 3.63) is 34.9 Å². The van der Waals surface area contributed by atoms with Crippen molar-refractivity contribution in [2.75, 3.05) is 13.1 Å². The molecular formula is C13H17ClN2O. The minimum atomic E-state index is 0. The minimum Gasteiger partial charge on any atom is -0.339 e. The number of benzene rings is 1. The highest BCUT2D eigenvalue weighted by molar-refractivity contribution is 5.94. The smallest absolute Gasteiger partial charge is 0.253 e. The normalized spacial score (nSPS) is 17.8. The van der Waals surface area contributed by atoms with E-state index >= 15 is 0 Å². The predicted octanol–water partition coefficient (Wildman–Crippen LogP) is 1.95. The number of carbonyl (C=O) groups excluding carboxylic acids is 1. The van der Waals surface area contributed by atoms with Gasteiger partial charge in [0.25, 0.3) is 5.91 Å². The molecule has 2 aliphatic rings. The van der Waals surface area contributed by atoms with Crippen LogP contribution < -0.4 is 5.32 Å². The van der Waals surface area contributed by atoms with E-state index in [1.807, 2.05) is 11.0 Å². The Kier molecular flexibility index (Phi) is 3.69. The molecule has 3 rings (SSSR count). The van der Waals surface area contributed by atoms with E-state index in [0.29, 0.717) is 0 Å². The summed E-state index contributed by atoms with van der Waals surface area (Å²) in [4.78, 5) is 14.1. The van der Waals surface area contributed by atoms with E-state index < -0.39 is 0 Å². The minimum absolute atomic E-state index is 0. The highest BCUT2D eigenvalue weighted by Gasteiger charge is 2.20. The van der Waals surface area contributed by atoms with E-state index in [4.69, 9.17) is 0 Å². The van der Waals surface area contributed by atoms with Crippen LogP contribution in [0.5, 0.6) is 0 Å². The van der Waals surface area contributed by atoms with Gasteiger partial charge in [-0.05, 0) is 36.1 Å².